The van der Waals surface area contributed by atoms with E-state index in [0.717, 1.165) is 11.6 Å². The van der Waals surface area contributed by atoms with Crippen molar-refractivity contribution in [1.82, 2.24) is 5.32 Å². The summed E-state index contributed by atoms with van der Waals surface area (Å²) in [5, 5.41) is 4.06. The Morgan fingerprint density at radius 3 is 2.79 bits per heavy atom. The Morgan fingerprint density at radius 2 is 2.21 bits per heavy atom. The highest BCUT2D eigenvalue weighted by Gasteiger charge is 2.09. The summed E-state index contributed by atoms with van der Waals surface area (Å²) in [6.45, 7) is 3.24. The monoisotopic (exact) mass is 211 g/mol. The summed E-state index contributed by atoms with van der Waals surface area (Å²) < 4.78 is 0. The molecule has 1 N–H and O–H groups in total. The first kappa shape index (κ1) is 11.5. The Morgan fingerprint density at radius 1 is 1.43 bits per heavy atom. The topological polar surface area (TPSA) is 12.0 Å². The van der Waals surface area contributed by atoms with Gasteiger partial charge in [0.15, 0.2) is 0 Å². The van der Waals surface area contributed by atoms with Gasteiger partial charge in [-0.3, -0.25) is 0 Å². The predicted molar refractivity (Wildman–Crippen MR) is 63.0 cm³/mol. The van der Waals surface area contributed by atoms with E-state index in [-0.39, 0.29) is 0 Å². The Bertz CT molecular complexity index is 267. The number of rotatable bonds is 5. The Kier molecular flexibility index (Phi) is 4.99. The molecular formula is C12H18ClN. The van der Waals surface area contributed by atoms with Crippen LogP contribution in [0.15, 0.2) is 24.3 Å². The Labute approximate surface area is 91.5 Å². The SMILES string of the molecule is CCCC(CNC)c1cccc(Cl)c1. The zero-order chi connectivity index (χ0) is 10.4. The highest BCUT2D eigenvalue weighted by molar-refractivity contribution is 6.30. The molecule has 0 bridgehead atoms. The normalized spacial score (nSPS) is 12.8. The van der Waals surface area contributed by atoms with Crippen LogP contribution in [0.2, 0.25) is 5.02 Å². The number of hydrogen-bond donors (Lipinski definition) is 1. The molecule has 78 valence electrons. The van der Waals surface area contributed by atoms with Crippen molar-refractivity contribution in [3.63, 3.8) is 0 Å². The first-order valence-corrected chi connectivity index (χ1v) is 5.55. The molecule has 0 saturated heterocycles. The summed E-state index contributed by atoms with van der Waals surface area (Å²) in [4.78, 5) is 0. The van der Waals surface area contributed by atoms with Crippen LogP contribution in [0.4, 0.5) is 0 Å². The van der Waals surface area contributed by atoms with E-state index < -0.39 is 0 Å². The molecule has 0 aromatic heterocycles. The standard InChI is InChI=1S/C12H18ClN/c1-3-5-11(9-14-2)10-6-4-7-12(13)8-10/h4,6-8,11,14H,3,5,9H2,1-2H3. The maximum absolute atomic E-state index is 5.97. The van der Waals surface area contributed by atoms with Gasteiger partial charge in [-0.25, -0.2) is 0 Å². The number of nitrogens with one attached hydrogen (secondary N) is 1. The van der Waals surface area contributed by atoms with E-state index >= 15 is 0 Å². The smallest absolute Gasteiger partial charge is 0.0408 e. The average Bonchev–Trinajstić information content (AvgIpc) is 2.17. The molecule has 2 heteroatoms. The summed E-state index contributed by atoms with van der Waals surface area (Å²) in [5.74, 6) is 0.587. The van der Waals surface area contributed by atoms with Gasteiger partial charge in [0.05, 0.1) is 0 Å². The minimum absolute atomic E-state index is 0.587. The van der Waals surface area contributed by atoms with Crippen LogP contribution in [-0.2, 0) is 0 Å². The molecule has 0 saturated carbocycles. The van der Waals surface area contributed by atoms with Gasteiger partial charge in [0, 0.05) is 11.6 Å². The summed E-state index contributed by atoms with van der Waals surface area (Å²) >= 11 is 5.97. The van der Waals surface area contributed by atoms with Crippen molar-refractivity contribution in [3.8, 4) is 0 Å². The zero-order valence-corrected chi connectivity index (χ0v) is 9.64. The van der Waals surface area contributed by atoms with Crippen molar-refractivity contribution >= 4 is 11.6 Å². The lowest BCUT2D eigenvalue weighted by atomic mass is 9.94. The highest BCUT2D eigenvalue weighted by Crippen LogP contribution is 2.23. The molecule has 1 aromatic rings. The van der Waals surface area contributed by atoms with Crippen molar-refractivity contribution in [2.45, 2.75) is 25.7 Å². The average molecular weight is 212 g/mol. The fraction of sp³-hybridized carbons (Fsp3) is 0.500. The van der Waals surface area contributed by atoms with E-state index in [1.807, 2.05) is 19.2 Å². The van der Waals surface area contributed by atoms with Gasteiger partial charge in [-0.05, 0) is 37.1 Å². The molecule has 0 radical (unpaired) electrons. The third-order valence-electron chi connectivity index (χ3n) is 2.41. The summed E-state index contributed by atoms with van der Waals surface area (Å²) in [5.41, 5.74) is 1.34. The molecule has 1 aromatic carbocycles. The van der Waals surface area contributed by atoms with Crippen LogP contribution in [0.1, 0.15) is 31.2 Å². The van der Waals surface area contributed by atoms with Crippen LogP contribution in [0.5, 0.6) is 0 Å². The molecular weight excluding hydrogens is 194 g/mol. The number of halogens is 1. The van der Waals surface area contributed by atoms with Crippen LogP contribution in [0, 0.1) is 0 Å². The van der Waals surface area contributed by atoms with Crippen molar-refractivity contribution in [1.29, 1.82) is 0 Å². The molecule has 1 atom stereocenters. The zero-order valence-electron chi connectivity index (χ0n) is 8.89. The van der Waals surface area contributed by atoms with Gasteiger partial charge in [0.2, 0.25) is 0 Å². The molecule has 1 nitrogen and oxygen atoms in total. The van der Waals surface area contributed by atoms with Crippen LogP contribution in [-0.4, -0.2) is 13.6 Å². The van der Waals surface area contributed by atoms with Crippen LogP contribution >= 0.6 is 11.6 Å². The van der Waals surface area contributed by atoms with Gasteiger partial charge in [-0.1, -0.05) is 37.1 Å². The second-order valence-electron chi connectivity index (χ2n) is 3.60. The first-order chi connectivity index (χ1) is 6.77. The fourth-order valence-corrected chi connectivity index (χ4v) is 1.94. The second kappa shape index (κ2) is 6.05. The van der Waals surface area contributed by atoms with Gasteiger partial charge in [-0.2, -0.15) is 0 Å². The van der Waals surface area contributed by atoms with E-state index in [1.54, 1.807) is 0 Å². The first-order valence-electron chi connectivity index (χ1n) is 5.18. The maximum Gasteiger partial charge on any atom is 0.0408 e. The van der Waals surface area contributed by atoms with Gasteiger partial charge >= 0.3 is 0 Å². The molecule has 14 heavy (non-hydrogen) atoms. The fourth-order valence-electron chi connectivity index (χ4n) is 1.74. The molecule has 1 rings (SSSR count). The van der Waals surface area contributed by atoms with E-state index in [4.69, 9.17) is 11.6 Å². The van der Waals surface area contributed by atoms with Crippen molar-refractivity contribution in [2.75, 3.05) is 13.6 Å². The minimum Gasteiger partial charge on any atom is -0.319 e. The lowest BCUT2D eigenvalue weighted by Crippen LogP contribution is -2.17. The van der Waals surface area contributed by atoms with Gasteiger partial charge in [0.1, 0.15) is 0 Å². The maximum atomic E-state index is 5.97. The number of likely N-dealkylation sites (N-methyl/N-ethyl adjacent to an activating group) is 1. The van der Waals surface area contributed by atoms with Crippen molar-refractivity contribution < 1.29 is 0 Å². The Balaban J connectivity index is 2.75. The molecule has 0 heterocycles. The molecule has 1 unspecified atom stereocenters. The third kappa shape index (κ3) is 3.32. The minimum atomic E-state index is 0.587. The highest BCUT2D eigenvalue weighted by atomic mass is 35.5. The largest absolute Gasteiger partial charge is 0.319 e. The molecule has 0 aliphatic rings. The van der Waals surface area contributed by atoms with Gasteiger partial charge < -0.3 is 5.32 Å². The third-order valence-corrected chi connectivity index (χ3v) is 2.64. The molecule has 0 aliphatic heterocycles. The quantitative estimate of drug-likeness (QED) is 0.787. The summed E-state index contributed by atoms with van der Waals surface area (Å²) in [6, 6.07) is 8.17. The van der Waals surface area contributed by atoms with Crippen molar-refractivity contribution in [3.05, 3.63) is 34.9 Å². The predicted octanol–water partition coefficient (Wildman–Crippen LogP) is 3.44. The summed E-state index contributed by atoms with van der Waals surface area (Å²) in [7, 11) is 1.99. The van der Waals surface area contributed by atoms with E-state index in [1.165, 1.54) is 18.4 Å². The molecule has 0 amide bonds. The van der Waals surface area contributed by atoms with E-state index in [0.29, 0.717) is 5.92 Å². The number of hydrogen-bond acceptors (Lipinski definition) is 1. The van der Waals surface area contributed by atoms with Crippen LogP contribution < -0.4 is 5.32 Å². The Hall–Kier alpha value is -0.530. The molecule has 0 aliphatic carbocycles. The lowest BCUT2D eigenvalue weighted by Gasteiger charge is -2.16. The lowest BCUT2D eigenvalue weighted by molar-refractivity contribution is 0.576. The van der Waals surface area contributed by atoms with Crippen molar-refractivity contribution in [2.24, 2.45) is 0 Å². The van der Waals surface area contributed by atoms with Crippen LogP contribution in [0.3, 0.4) is 0 Å². The number of benzene rings is 1. The molecule has 0 spiro atoms. The van der Waals surface area contributed by atoms with Gasteiger partial charge in [-0.15, -0.1) is 0 Å². The van der Waals surface area contributed by atoms with E-state index in [9.17, 15) is 0 Å². The van der Waals surface area contributed by atoms with E-state index in [2.05, 4.69) is 24.4 Å². The van der Waals surface area contributed by atoms with Gasteiger partial charge in [0.25, 0.3) is 0 Å². The summed E-state index contributed by atoms with van der Waals surface area (Å²) in [6.07, 6.45) is 2.42. The molecule has 0 fully saturated rings. The van der Waals surface area contributed by atoms with Crippen LogP contribution in [0.25, 0.3) is 0 Å². The second-order valence-corrected chi connectivity index (χ2v) is 4.03.